The van der Waals surface area contributed by atoms with Gasteiger partial charge in [0.25, 0.3) is 11.8 Å². The number of nitrogens with zero attached hydrogens (tertiary/aromatic N) is 3. The number of carbonyl (C=O) groups excluding carboxylic acids is 3. The summed E-state index contributed by atoms with van der Waals surface area (Å²) in [6, 6.07) is 3.65. The van der Waals surface area contributed by atoms with Crippen LogP contribution in [-0.4, -0.2) is 89.2 Å². The fraction of sp³-hybridized carbons (Fsp3) is 0.531. The molecule has 11 heteroatoms. The first kappa shape index (κ1) is 25.6. The maximum atomic E-state index is 15.0. The first-order chi connectivity index (χ1) is 20.3. The Morgan fingerprint density at radius 3 is 2.60 bits per heavy atom. The molecule has 11 nitrogen and oxygen atoms in total. The summed E-state index contributed by atoms with van der Waals surface area (Å²) in [7, 11) is 0. The fourth-order valence-electron chi connectivity index (χ4n) is 10.1. The molecule has 2 aromatic rings. The van der Waals surface area contributed by atoms with Crippen molar-refractivity contribution in [1.29, 1.82) is 0 Å². The Kier molecular flexibility index (Phi) is 4.24. The van der Waals surface area contributed by atoms with Crippen LogP contribution in [0, 0.1) is 5.92 Å². The second-order valence-electron chi connectivity index (χ2n) is 14.4. The Labute approximate surface area is 246 Å². The second kappa shape index (κ2) is 7.10. The highest BCUT2D eigenvalue weighted by atomic mass is 16.5. The molecule has 0 unspecified atom stereocenters. The summed E-state index contributed by atoms with van der Waals surface area (Å²) in [6.45, 7) is 7.63. The topological polar surface area (TPSA) is 142 Å². The summed E-state index contributed by atoms with van der Waals surface area (Å²) in [5.41, 5.74) is -4.52. The van der Waals surface area contributed by atoms with E-state index < -0.39 is 64.1 Å². The summed E-state index contributed by atoms with van der Waals surface area (Å²) < 4.78 is 13.6. The van der Waals surface area contributed by atoms with Gasteiger partial charge in [-0.2, -0.15) is 4.73 Å². The van der Waals surface area contributed by atoms with Gasteiger partial charge in [-0.05, 0) is 63.0 Å². The van der Waals surface area contributed by atoms with Gasteiger partial charge in [-0.25, -0.2) is 0 Å². The molecule has 3 N–H and O–H groups in total. The number of ether oxygens (including phenoxy) is 2. The lowest BCUT2D eigenvalue weighted by molar-refractivity contribution is -0.228. The van der Waals surface area contributed by atoms with Crippen LogP contribution in [-0.2, 0) is 24.5 Å². The van der Waals surface area contributed by atoms with Crippen molar-refractivity contribution in [2.45, 2.75) is 86.8 Å². The Hall–Kier alpha value is -3.83. The van der Waals surface area contributed by atoms with Crippen molar-refractivity contribution in [1.82, 2.24) is 14.5 Å². The molecule has 2 bridgehead atoms. The number of aliphatic hydroxyl groups excluding tert-OH is 1. The Morgan fingerprint density at radius 1 is 1.09 bits per heavy atom. The van der Waals surface area contributed by atoms with Crippen LogP contribution in [0.15, 0.2) is 30.0 Å². The van der Waals surface area contributed by atoms with Gasteiger partial charge in [0.2, 0.25) is 11.5 Å². The van der Waals surface area contributed by atoms with E-state index in [1.54, 1.807) is 4.90 Å². The molecule has 2 spiro atoms. The minimum Gasteiger partial charge on any atom is -0.486 e. The summed E-state index contributed by atoms with van der Waals surface area (Å²) in [5.74, 6) is -2.56. The molecule has 6 atom stereocenters. The maximum absolute atomic E-state index is 15.0. The van der Waals surface area contributed by atoms with Gasteiger partial charge in [0.1, 0.15) is 34.8 Å². The second-order valence-corrected chi connectivity index (χ2v) is 14.4. The van der Waals surface area contributed by atoms with Gasteiger partial charge in [0, 0.05) is 34.9 Å². The molecule has 43 heavy (non-hydrogen) atoms. The average molecular weight is 588 g/mol. The van der Waals surface area contributed by atoms with Crippen LogP contribution in [0.5, 0.6) is 5.75 Å². The third-order valence-corrected chi connectivity index (χ3v) is 11.7. The number of benzene rings is 1. The van der Waals surface area contributed by atoms with Crippen molar-refractivity contribution in [3.05, 3.63) is 46.9 Å². The smallest absolute Gasteiger partial charge is 0.252 e. The van der Waals surface area contributed by atoms with E-state index in [-0.39, 0.29) is 11.7 Å². The molecule has 0 saturated carbocycles. The predicted octanol–water partition coefficient (Wildman–Crippen LogP) is 1.95. The fourth-order valence-corrected chi connectivity index (χ4v) is 10.1. The molecule has 1 aromatic heterocycles. The van der Waals surface area contributed by atoms with Crippen LogP contribution >= 0.6 is 0 Å². The number of ketones is 1. The molecule has 224 valence electrons. The standard InChI is InChI=1S/C32H33N3O8/c1-28(2)10-8-16-18(43-28)7-6-17-21-22-25-32(40,20(37)12-15(14-36)42-25)35-26(38)30-9-5-11-33(30)27(39)31(22,35)19(13-30)29(3,4)24(21)34(41)23(16)17/h6-8,10,12,19,22,25,36,40-41H,5,9,11,13-14H2,1-4H3/t19-,22+,25-,30-,31+,32+/m0/s1. The van der Waals surface area contributed by atoms with E-state index in [0.29, 0.717) is 59.3 Å². The van der Waals surface area contributed by atoms with Gasteiger partial charge in [0.15, 0.2) is 6.10 Å². The average Bonchev–Trinajstić information content (AvgIpc) is 3.58. The van der Waals surface area contributed by atoms with Gasteiger partial charge in [-0.1, -0.05) is 13.8 Å². The zero-order valence-corrected chi connectivity index (χ0v) is 24.4. The van der Waals surface area contributed by atoms with E-state index in [2.05, 4.69) is 0 Å². The molecule has 7 aliphatic heterocycles. The SMILES string of the molecule is CC1(C)C=Cc2c(ccc3c4c(n(O)c23)C(C)(C)[C@@H]2C[C@]35CCCN3C(=O)[C@]23[C@H]4[C@@H]2OC(CO)=CC(=O)[C@]2(O)N3C5=O)O1. The van der Waals surface area contributed by atoms with Crippen molar-refractivity contribution in [3.8, 4) is 5.75 Å². The van der Waals surface area contributed by atoms with Crippen molar-refractivity contribution < 1.29 is 39.3 Å². The molecule has 1 aliphatic carbocycles. The number of piperazine rings is 1. The van der Waals surface area contributed by atoms with E-state index in [0.717, 1.165) is 6.08 Å². The van der Waals surface area contributed by atoms with Gasteiger partial charge in [0.05, 0.1) is 17.1 Å². The van der Waals surface area contributed by atoms with Gasteiger partial charge < -0.3 is 29.8 Å². The first-order valence-electron chi connectivity index (χ1n) is 15.0. The van der Waals surface area contributed by atoms with Gasteiger partial charge in [-0.15, -0.1) is 0 Å². The Morgan fingerprint density at radius 2 is 1.86 bits per heavy atom. The largest absolute Gasteiger partial charge is 0.486 e. The number of aliphatic hydroxyl groups is 2. The van der Waals surface area contributed by atoms with Crippen LogP contribution in [0.25, 0.3) is 17.0 Å². The van der Waals surface area contributed by atoms with Crippen LogP contribution < -0.4 is 4.74 Å². The quantitative estimate of drug-likeness (QED) is 0.430. The predicted molar refractivity (Wildman–Crippen MR) is 150 cm³/mol. The molecule has 2 amide bonds. The minimum atomic E-state index is -2.47. The normalized spacial score (nSPS) is 38.7. The summed E-state index contributed by atoms with van der Waals surface area (Å²) in [5, 5.41) is 35.3. The van der Waals surface area contributed by atoms with Crippen LogP contribution in [0.3, 0.4) is 0 Å². The van der Waals surface area contributed by atoms with Crippen molar-refractivity contribution >= 4 is 34.6 Å². The van der Waals surface area contributed by atoms with Gasteiger partial charge in [-0.3, -0.25) is 19.3 Å². The first-order valence-corrected chi connectivity index (χ1v) is 15.0. The number of carbonyl (C=O) groups is 3. The lowest BCUT2D eigenvalue weighted by Crippen LogP contribution is -2.86. The lowest BCUT2D eigenvalue weighted by Gasteiger charge is -2.67. The molecule has 8 heterocycles. The van der Waals surface area contributed by atoms with E-state index in [9.17, 15) is 25.0 Å². The minimum absolute atomic E-state index is 0.0457. The lowest BCUT2D eigenvalue weighted by atomic mass is 9.48. The highest BCUT2D eigenvalue weighted by Crippen LogP contribution is 2.72. The van der Waals surface area contributed by atoms with Crippen molar-refractivity contribution in [2.24, 2.45) is 5.92 Å². The number of amides is 2. The third kappa shape index (κ3) is 2.40. The monoisotopic (exact) mass is 587 g/mol. The number of fused-ring (bicyclic) bond motifs is 8. The zero-order chi connectivity index (χ0) is 30.2. The summed E-state index contributed by atoms with van der Waals surface area (Å²) >= 11 is 0. The molecule has 5 fully saturated rings. The summed E-state index contributed by atoms with van der Waals surface area (Å²) in [4.78, 5) is 46.4. The van der Waals surface area contributed by atoms with E-state index >= 15 is 4.79 Å². The number of aromatic nitrogens is 1. The molecule has 10 rings (SSSR count). The van der Waals surface area contributed by atoms with Crippen LogP contribution in [0.2, 0.25) is 0 Å². The van der Waals surface area contributed by atoms with E-state index in [4.69, 9.17) is 9.47 Å². The summed E-state index contributed by atoms with van der Waals surface area (Å²) in [6.07, 6.45) is 4.87. The number of hydrogen-bond acceptors (Lipinski definition) is 8. The number of rotatable bonds is 1. The van der Waals surface area contributed by atoms with Crippen molar-refractivity contribution in [3.63, 3.8) is 0 Å². The number of hydrogen-bond donors (Lipinski definition) is 3. The Bertz CT molecular complexity index is 1820. The maximum Gasteiger partial charge on any atom is 0.252 e. The molecule has 8 aliphatic rings. The van der Waals surface area contributed by atoms with Gasteiger partial charge >= 0.3 is 0 Å². The molecular formula is C32H33N3O8. The zero-order valence-electron chi connectivity index (χ0n) is 24.4. The molecule has 0 radical (unpaired) electrons. The van der Waals surface area contributed by atoms with Crippen LogP contribution in [0.4, 0.5) is 0 Å². The molecule has 1 aromatic carbocycles. The van der Waals surface area contributed by atoms with E-state index in [1.165, 1.54) is 9.63 Å². The highest BCUT2D eigenvalue weighted by Gasteiger charge is 2.88. The number of piperidine rings is 2. The van der Waals surface area contributed by atoms with Crippen LogP contribution in [0.1, 0.15) is 69.7 Å². The Balaban J connectivity index is 1.43. The van der Waals surface area contributed by atoms with E-state index in [1.807, 2.05) is 52.0 Å². The highest BCUT2D eigenvalue weighted by molar-refractivity contribution is 6.13. The molecule has 5 saturated heterocycles. The van der Waals surface area contributed by atoms with Crippen molar-refractivity contribution in [2.75, 3.05) is 13.2 Å². The molecular weight excluding hydrogens is 554 g/mol. The third-order valence-electron chi connectivity index (χ3n) is 11.7.